The van der Waals surface area contributed by atoms with Crippen LogP contribution < -0.4 is 11.1 Å². The standard InChI is InChI=1S/C20H26N2O3/c1-15(13-23)7-12-19(22-2)18(5-3-4-6-20(21)25)17-10-8-16(14-24)9-11-17/h5,7-13,22,24H,3-4,6,14H2,1-2H3,(H2,21,25)/b15-7-,18-5+,19-12-. The SMILES string of the molecule is CNC(=C\C=C(\C)C=O)/C(=C/CCCC(N)=O)c1ccc(CO)cc1. The number of carbonyl (C=O) groups is 2. The minimum absolute atomic E-state index is 0.00602. The lowest BCUT2D eigenvalue weighted by Gasteiger charge is -2.13. The van der Waals surface area contributed by atoms with Gasteiger partial charge in [0.1, 0.15) is 6.29 Å². The molecule has 0 aliphatic heterocycles. The van der Waals surface area contributed by atoms with Crippen molar-refractivity contribution >= 4 is 17.8 Å². The van der Waals surface area contributed by atoms with E-state index in [2.05, 4.69) is 5.32 Å². The number of likely N-dealkylation sites (N-methyl/N-ethyl adjacent to an activating group) is 1. The number of amides is 1. The summed E-state index contributed by atoms with van der Waals surface area (Å²) in [7, 11) is 1.81. The van der Waals surface area contributed by atoms with Gasteiger partial charge in [0.25, 0.3) is 0 Å². The summed E-state index contributed by atoms with van der Waals surface area (Å²) < 4.78 is 0. The molecule has 0 unspecified atom stereocenters. The number of aliphatic hydroxyl groups excluding tert-OH is 1. The Morgan fingerprint density at radius 2 is 1.92 bits per heavy atom. The van der Waals surface area contributed by atoms with Crippen molar-refractivity contribution in [2.24, 2.45) is 5.73 Å². The fourth-order valence-electron chi connectivity index (χ4n) is 2.26. The van der Waals surface area contributed by atoms with Crippen molar-refractivity contribution < 1.29 is 14.7 Å². The van der Waals surface area contributed by atoms with Gasteiger partial charge in [-0.05, 0) is 42.5 Å². The average Bonchev–Trinajstić information content (AvgIpc) is 2.63. The maximum atomic E-state index is 10.9. The van der Waals surface area contributed by atoms with Gasteiger partial charge in [-0.2, -0.15) is 0 Å². The third kappa shape index (κ3) is 7.18. The molecule has 0 aliphatic rings. The highest BCUT2D eigenvalue weighted by Gasteiger charge is 2.07. The first-order chi connectivity index (χ1) is 12.0. The Morgan fingerprint density at radius 1 is 1.24 bits per heavy atom. The van der Waals surface area contributed by atoms with Crippen LogP contribution in [0, 0.1) is 0 Å². The molecule has 0 spiro atoms. The number of rotatable bonds is 10. The predicted molar refractivity (Wildman–Crippen MR) is 100 cm³/mol. The molecule has 0 atom stereocenters. The maximum absolute atomic E-state index is 10.9. The molecule has 0 bridgehead atoms. The summed E-state index contributed by atoms with van der Waals surface area (Å²) in [5.41, 5.74) is 9.45. The molecule has 4 N–H and O–H groups in total. The highest BCUT2D eigenvalue weighted by molar-refractivity contribution is 5.80. The predicted octanol–water partition coefficient (Wildman–Crippen LogP) is 2.47. The number of hydrogen-bond donors (Lipinski definition) is 3. The van der Waals surface area contributed by atoms with Crippen LogP contribution in [0.4, 0.5) is 0 Å². The zero-order valence-corrected chi connectivity index (χ0v) is 14.8. The van der Waals surface area contributed by atoms with E-state index < -0.39 is 0 Å². The van der Waals surface area contributed by atoms with Gasteiger partial charge < -0.3 is 16.2 Å². The van der Waals surface area contributed by atoms with Crippen molar-refractivity contribution in [2.75, 3.05) is 7.05 Å². The molecule has 25 heavy (non-hydrogen) atoms. The van der Waals surface area contributed by atoms with E-state index >= 15 is 0 Å². The summed E-state index contributed by atoms with van der Waals surface area (Å²) in [5.74, 6) is -0.309. The molecule has 1 amide bonds. The van der Waals surface area contributed by atoms with E-state index in [1.54, 1.807) is 13.0 Å². The second-order valence-corrected chi connectivity index (χ2v) is 5.69. The van der Waals surface area contributed by atoms with Gasteiger partial charge in [-0.3, -0.25) is 9.59 Å². The van der Waals surface area contributed by atoms with Crippen molar-refractivity contribution in [3.63, 3.8) is 0 Å². The zero-order chi connectivity index (χ0) is 18.7. The molecule has 0 fully saturated rings. The second kappa shape index (κ2) is 11.0. The number of nitrogens with two attached hydrogens (primary N) is 1. The van der Waals surface area contributed by atoms with Crippen LogP contribution in [0.5, 0.6) is 0 Å². The van der Waals surface area contributed by atoms with Crippen molar-refractivity contribution in [3.8, 4) is 0 Å². The first-order valence-corrected chi connectivity index (χ1v) is 8.22. The number of allylic oxidation sites excluding steroid dienone is 5. The van der Waals surface area contributed by atoms with Crippen LogP contribution in [0.15, 0.2) is 53.8 Å². The molecule has 0 aromatic heterocycles. The summed E-state index contributed by atoms with van der Waals surface area (Å²) in [6, 6.07) is 7.61. The Kier molecular flexibility index (Phi) is 8.96. The number of primary amides is 1. The Bertz CT molecular complexity index is 671. The molecule has 5 nitrogen and oxygen atoms in total. The molecular weight excluding hydrogens is 316 g/mol. The average molecular weight is 342 g/mol. The summed E-state index contributed by atoms with van der Waals surface area (Å²) in [5, 5.41) is 12.3. The Hall–Kier alpha value is -2.66. The minimum Gasteiger partial charge on any atom is -0.392 e. The van der Waals surface area contributed by atoms with Crippen LogP contribution >= 0.6 is 0 Å². The molecular formula is C20H26N2O3. The van der Waals surface area contributed by atoms with Crippen LogP contribution in [-0.4, -0.2) is 24.3 Å². The minimum atomic E-state index is -0.309. The fourth-order valence-corrected chi connectivity index (χ4v) is 2.26. The molecule has 0 heterocycles. The Labute approximate surface area is 148 Å². The zero-order valence-electron chi connectivity index (χ0n) is 14.8. The van der Waals surface area contributed by atoms with Gasteiger partial charge in [0, 0.05) is 24.7 Å². The van der Waals surface area contributed by atoms with Gasteiger partial charge in [-0.25, -0.2) is 0 Å². The first kappa shape index (κ1) is 20.4. The number of benzene rings is 1. The fraction of sp³-hybridized carbons (Fsp3) is 0.300. The molecule has 1 rings (SSSR count). The van der Waals surface area contributed by atoms with E-state index in [0.29, 0.717) is 24.8 Å². The third-order valence-electron chi connectivity index (χ3n) is 3.68. The highest BCUT2D eigenvalue weighted by Crippen LogP contribution is 2.23. The number of carbonyl (C=O) groups excluding carboxylic acids is 2. The van der Waals surface area contributed by atoms with Gasteiger partial charge in [-0.1, -0.05) is 36.4 Å². The lowest BCUT2D eigenvalue weighted by atomic mass is 9.98. The highest BCUT2D eigenvalue weighted by atomic mass is 16.3. The van der Waals surface area contributed by atoms with Gasteiger partial charge in [0.2, 0.25) is 5.91 Å². The van der Waals surface area contributed by atoms with Crippen LogP contribution in [0.2, 0.25) is 0 Å². The molecule has 5 heteroatoms. The van der Waals surface area contributed by atoms with Gasteiger partial charge in [0.15, 0.2) is 0 Å². The molecule has 0 saturated carbocycles. The van der Waals surface area contributed by atoms with E-state index in [1.807, 2.05) is 43.5 Å². The number of hydrogen-bond acceptors (Lipinski definition) is 4. The number of nitrogens with one attached hydrogen (secondary N) is 1. The van der Waals surface area contributed by atoms with Crippen molar-refractivity contribution in [2.45, 2.75) is 32.8 Å². The van der Waals surface area contributed by atoms with E-state index in [4.69, 9.17) is 5.73 Å². The Balaban J connectivity index is 3.17. The monoisotopic (exact) mass is 342 g/mol. The van der Waals surface area contributed by atoms with Crippen LogP contribution in [0.25, 0.3) is 5.57 Å². The Morgan fingerprint density at radius 3 is 2.44 bits per heavy atom. The summed E-state index contributed by atoms with van der Waals surface area (Å²) >= 11 is 0. The van der Waals surface area contributed by atoms with Crippen molar-refractivity contribution in [1.82, 2.24) is 5.32 Å². The molecule has 0 saturated heterocycles. The van der Waals surface area contributed by atoms with Crippen LogP contribution in [0.3, 0.4) is 0 Å². The normalized spacial score (nSPS) is 12.8. The van der Waals surface area contributed by atoms with E-state index in [-0.39, 0.29) is 12.5 Å². The number of aldehydes is 1. The largest absolute Gasteiger partial charge is 0.392 e. The number of unbranched alkanes of at least 4 members (excludes halogenated alkanes) is 1. The van der Waals surface area contributed by atoms with E-state index in [1.165, 1.54) is 0 Å². The smallest absolute Gasteiger partial charge is 0.217 e. The maximum Gasteiger partial charge on any atom is 0.217 e. The van der Waals surface area contributed by atoms with Gasteiger partial charge >= 0.3 is 0 Å². The molecule has 1 aromatic carbocycles. The number of aliphatic hydroxyl groups is 1. The summed E-state index contributed by atoms with van der Waals surface area (Å²) in [6.07, 6.45) is 8.17. The third-order valence-corrected chi connectivity index (χ3v) is 3.68. The van der Waals surface area contributed by atoms with Crippen molar-refractivity contribution in [1.29, 1.82) is 0 Å². The van der Waals surface area contributed by atoms with Crippen LogP contribution in [0.1, 0.15) is 37.3 Å². The summed E-state index contributed by atoms with van der Waals surface area (Å²) in [6.45, 7) is 1.73. The molecule has 1 aromatic rings. The summed E-state index contributed by atoms with van der Waals surface area (Å²) in [4.78, 5) is 21.7. The topological polar surface area (TPSA) is 92.4 Å². The molecule has 0 radical (unpaired) electrons. The second-order valence-electron chi connectivity index (χ2n) is 5.69. The molecule has 134 valence electrons. The lowest BCUT2D eigenvalue weighted by molar-refractivity contribution is -0.118. The molecule has 0 aliphatic carbocycles. The first-order valence-electron chi connectivity index (χ1n) is 8.22. The van der Waals surface area contributed by atoms with Gasteiger partial charge in [0.05, 0.1) is 6.61 Å². The van der Waals surface area contributed by atoms with Crippen molar-refractivity contribution in [3.05, 3.63) is 64.9 Å². The van der Waals surface area contributed by atoms with Gasteiger partial charge in [-0.15, -0.1) is 0 Å². The quantitative estimate of drug-likeness (QED) is 0.264. The van der Waals surface area contributed by atoms with Crippen LogP contribution in [-0.2, 0) is 16.2 Å². The lowest BCUT2D eigenvalue weighted by Crippen LogP contribution is -2.10. The van der Waals surface area contributed by atoms with E-state index in [9.17, 15) is 14.7 Å². The van der Waals surface area contributed by atoms with E-state index in [0.717, 1.165) is 28.7 Å².